The van der Waals surface area contributed by atoms with Gasteiger partial charge in [-0.1, -0.05) is 0 Å². The molecule has 2 rings (SSSR count). The SMILES string of the molecule is Cc1cc(-c2nncn2C(C)C)ccc1F. The second-order valence-corrected chi connectivity index (χ2v) is 4.12. The van der Waals surface area contributed by atoms with Gasteiger partial charge in [-0.2, -0.15) is 0 Å². The zero-order valence-corrected chi connectivity index (χ0v) is 9.61. The van der Waals surface area contributed by atoms with Crippen molar-refractivity contribution in [1.82, 2.24) is 14.8 Å². The summed E-state index contributed by atoms with van der Waals surface area (Å²) in [4.78, 5) is 0. The molecule has 84 valence electrons. The Morgan fingerprint density at radius 1 is 1.31 bits per heavy atom. The summed E-state index contributed by atoms with van der Waals surface area (Å²) in [5, 5.41) is 7.96. The number of aryl methyl sites for hydroxylation is 1. The molecule has 0 bridgehead atoms. The molecule has 1 heterocycles. The van der Waals surface area contributed by atoms with E-state index in [4.69, 9.17) is 0 Å². The molecule has 0 spiro atoms. The average Bonchev–Trinajstić information content (AvgIpc) is 2.71. The summed E-state index contributed by atoms with van der Waals surface area (Å²) >= 11 is 0. The van der Waals surface area contributed by atoms with Gasteiger partial charge in [0.2, 0.25) is 0 Å². The highest BCUT2D eigenvalue weighted by Gasteiger charge is 2.10. The Morgan fingerprint density at radius 2 is 2.06 bits per heavy atom. The minimum Gasteiger partial charge on any atom is -0.311 e. The number of hydrogen-bond acceptors (Lipinski definition) is 2. The largest absolute Gasteiger partial charge is 0.311 e. The summed E-state index contributed by atoms with van der Waals surface area (Å²) in [6.07, 6.45) is 1.69. The molecule has 0 aliphatic heterocycles. The summed E-state index contributed by atoms with van der Waals surface area (Å²) in [6, 6.07) is 5.27. The van der Waals surface area contributed by atoms with Crippen LogP contribution in [0, 0.1) is 12.7 Å². The fourth-order valence-electron chi connectivity index (χ4n) is 1.61. The van der Waals surface area contributed by atoms with E-state index in [9.17, 15) is 4.39 Å². The van der Waals surface area contributed by atoms with Gasteiger partial charge in [-0.15, -0.1) is 10.2 Å². The highest BCUT2D eigenvalue weighted by molar-refractivity contribution is 5.56. The smallest absolute Gasteiger partial charge is 0.163 e. The molecule has 0 saturated heterocycles. The lowest BCUT2D eigenvalue weighted by atomic mass is 10.1. The number of hydrogen-bond donors (Lipinski definition) is 0. The summed E-state index contributed by atoms with van der Waals surface area (Å²) in [6.45, 7) is 5.86. The summed E-state index contributed by atoms with van der Waals surface area (Å²) < 4.78 is 15.1. The van der Waals surface area contributed by atoms with Crippen molar-refractivity contribution >= 4 is 0 Å². The van der Waals surface area contributed by atoms with Crippen LogP contribution in [0.4, 0.5) is 4.39 Å². The van der Waals surface area contributed by atoms with Crippen LogP contribution in [-0.4, -0.2) is 14.8 Å². The Kier molecular flexibility index (Phi) is 2.73. The minimum atomic E-state index is -0.195. The molecule has 0 aliphatic carbocycles. The van der Waals surface area contributed by atoms with E-state index >= 15 is 0 Å². The van der Waals surface area contributed by atoms with E-state index in [0.29, 0.717) is 5.56 Å². The zero-order chi connectivity index (χ0) is 11.7. The number of benzene rings is 1. The number of aromatic nitrogens is 3. The molecule has 0 aliphatic rings. The van der Waals surface area contributed by atoms with Crippen molar-refractivity contribution in [2.24, 2.45) is 0 Å². The van der Waals surface area contributed by atoms with Crippen LogP contribution in [0.25, 0.3) is 11.4 Å². The van der Waals surface area contributed by atoms with Crippen molar-refractivity contribution in [1.29, 1.82) is 0 Å². The first-order valence-corrected chi connectivity index (χ1v) is 5.25. The number of nitrogens with zero attached hydrogens (tertiary/aromatic N) is 3. The van der Waals surface area contributed by atoms with Crippen molar-refractivity contribution in [2.45, 2.75) is 26.8 Å². The van der Waals surface area contributed by atoms with Crippen LogP contribution < -0.4 is 0 Å². The Hall–Kier alpha value is -1.71. The molecule has 1 aromatic carbocycles. The standard InChI is InChI=1S/C12H14FN3/c1-8(2)16-7-14-15-12(16)10-4-5-11(13)9(3)6-10/h4-8H,1-3H3. The molecule has 0 radical (unpaired) electrons. The molecular formula is C12H14FN3. The third kappa shape index (κ3) is 1.83. The van der Waals surface area contributed by atoms with Crippen molar-refractivity contribution in [3.63, 3.8) is 0 Å². The number of halogens is 1. The van der Waals surface area contributed by atoms with Crippen LogP contribution in [0.1, 0.15) is 25.5 Å². The monoisotopic (exact) mass is 219 g/mol. The normalized spacial score (nSPS) is 11.1. The van der Waals surface area contributed by atoms with E-state index in [-0.39, 0.29) is 11.9 Å². The highest BCUT2D eigenvalue weighted by atomic mass is 19.1. The van der Waals surface area contributed by atoms with Gasteiger partial charge < -0.3 is 4.57 Å². The Bertz CT molecular complexity index is 503. The van der Waals surface area contributed by atoms with Crippen LogP contribution in [-0.2, 0) is 0 Å². The van der Waals surface area contributed by atoms with E-state index in [1.165, 1.54) is 6.07 Å². The molecular weight excluding hydrogens is 205 g/mol. The van der Waals surface area contributed by atoms with Gasteiger partial charge in [0.1, 0.15) is 12.1 Å². The van der Waals surface area contributed by atoms with Gasteiger partial charge >= 0.3 is 0 Å². The molecule has 3 nitrogen and oxygen atoms in total. The van der Waals surface area contributed by atoms with Crippen molar-refractivity contribution < 1.29 is 4.39 Å². The van der Waals surface area contributed by atoms with Crippen molar-refractivity contribution in [2.75, 3.05) is 0 Å². The van der Waals surface area contributed by atoms with Gasteiger partial charge in [0.25, 0.3) is 0 Å². The third-order valence-electron chi connectivity index (χ3n) is 2.55. The second kappa shape index (κ2) is 4.04. The number of rotatable bonds is 2. The predicted octanol–water partition coefficient (Wildman–Crippen LogP) is 2.97. The molecule has 0 unspecified atom stereocenters. The Balaban J connectivity index is 2.50. The van der Waals surface area contributed by atoms with Crippen LogP contribution in [0.2, 0.25) is 0 Å². The first kappa shape index (κ1) is 10.8. The lowest BCUT2D eigenvalue weighted by Crippen LogP contribution is -2.02. The quantitative estimate of drug-likeness (QED) is 0.777. The van der Waals surface area contributed by atoms with E-state index in [1.807, 2.05) is 4.57 Å². The zero-order valence-electron chi connectivity index (χ0n) is 9.61. The maximum Gasteiger partial charge on any atom is 0.163 e. The first-order chi connectivity index (χ1) is 7.59. The molecule has 0 atom stereocenters. The van der Waals surface area contributed by atoms with Gasteiger partial charge in [-0.25, -0.2) is 4.39 Å². The lowest BCUT2D eigenvalue weighted by molar-refractivity contribution is 0.603. The maximum atomic E-state index is 13.2. The molecule has 0 saturated carbocycles. The summed E-state index contributed by atoms with van der Waals surface area (Å²) in [5.74, 6) is 0.581. The Morgan fingerprint density at radius 3 is 2.69 bits per heavy atom. The van der Waals surface area contributed by atoms with Crippen LogP contribution in [0.15, 0.2) is 24.5 Å². The molecule has 4 heteroatoms. The van der Waals surface area contributed by atoms with Crippen LogP contribution in [0.3, 0.4) is 0 Å². The van der Waals surface area contributed by atoms with Gasteiger partial charge in [-0.3, -0.25) is 0 Å². The van der Waals surface area contributed by atoms with E-state index in [2.05, 4.69) is 24.0 Å². The van der Waals surface area contributed by atoms with E-state index in [1.54, 1.807) is 25.4 Å². The average molecular weight is 219 g/mol. The van der Waals surface area contributed by atoms with Crippen molar-refractivity contribution in [3.8, 4) is 11.4 Å². The maximum absolute atomic E-state index is 13.2. The second-order valence-electron chi connectivity index (χ2n) is 4.12. The molecule has 16 heavy (non-hydrogen) atoms. The summed E-state index contributed by atoms with van der Waals surface area (Å²) in [5.41, 5.74) is 1.51. The molecule has 0 amide bonds. The van der Waals surface area contributed by atoms with Gasteiger partial charge in [0, 0.05) is 11.6 Å². The first-order valence-electron chi connectivity index (χ1n) is 5.25. The van der Waals surface area contributed by atoms with Gasteiger partial charge in [0.15, 0.2) is 5.82 Å². The van der Waals surface area contributed by atoms with Gasteiger partial charge in [-0.05, 0) is 44.5 Å². The van der Waals surface area contributed by atoms with E-state index < -0.39 is 0 Å². The summed E-state index contributed by atoms with van der Waals surface area (Å²) in [7, 11) is 0. The topological polar surface area (TPSA) is 30.7 Å². The predicted molar refractivity (Wildman–Crippen MR) is 60.5 cm³/mol. The fourth-order valence-corrected chi connectivity index (χ4v) is 1.61. The lowest BCUT2D eigenvalue weighted by Gasteiger charge is -2.10. The highest BCUT2D eigenvalue weighted by Crippen LogP contribution is 2.22. The van der Waals surface area contributed by atoms with Crippen LogP contribution >= 0.6 is 0 Å². The van der Waals surface area contributed by atoms with Crippen LogP contribution in [0.5, 0.6) is 0 Å². The fraction of sp³-hybridized carbons (Fsp3) is 0.333. The Labute approximate surface area is 93.9 Å². The van der Waals surface area contributed by atoms with E-state index in [0.717, 1.165) is 11.4 Å². The third-order valence-corrected chi connectivity index (χ3v) is 2.55. The molecule has 0 fully saturated rings. The van der Waals surface area contributed by atoms with Gasteiger partial charge in [0.05, 0.1) is 0 Å². The van der Waals surface area contributed by atoms with Crippen molar-refractivity contribution in [3.05, 3.63) is 35.9 Å². The molecule has 2 aromatic rings. The minimum absolute atomic E-state index is 0.195. The molecule has 0 N–H and O–H groups in total. The molecule has 1 aromatic heterocycles.